The number of nitrogens with zero attached hydrogens (tertiary/aromatic N) is 2. The zero-order chi connectivity index (χ0) is 18.4. The molecule has 1 fully saturated rings. The molecule has 1 atom stereocenters. The minimum absolute atomic E-state index is 0.0608. The fourth-order valence-corrected chi connectivity index (χ4v) is 3.87. The Bertz CT molecular complexity index is 558. The lowest BCUT2D eigenvalue weighted by Crippen LogP contribution is -2.56. The van der Waals surface area contributed by atoms with Crippen molar-refractivity contribution in [1.29, 1.82) is 0 Å². The summed E-state index contributed by atoms with van der Waals surface area (Å²) in [5.74, 6) is -0.806. The molecule has 1 aliphatic carbocycles. The van der Waals surface area contributed by atoms with Crippen LogP contribution in [0.4, 0.5) is 4.79 Å². The molecular formula is C17H28N4O3S. The second kappa shape index (κ2) is 9.17. The van der Waals surface area contributed by atoms with Crippen molar-refractivity contribution >= 4 is 23.3 Å². The minimum atomic E-state index is -0.806. The molecule has 0 bridgehead atoms. The van der Waals surface area contributed by atoms with E-state index in [9.17, 15) is 9.59 Å². The van der Waals surface area contributed by atoms with E-state index in [0.717, 1.165) is 12.8 Å². The minimum Gasteiger partial charge on any atom is -0.480 e. The highest BCUT2D eigenvalue weighted by Crippen LogP contribution is 2.25. The van der Waals surface area contributed by atoms with Gasteiger partial charge in [-0.05, 0) is 55.9 Å². The molecule has 0 spiro atoms. The van der Waals surface area contributed by atoms with Crippen LogP contribution < -0.4 is 10.6 Å². The molecule has 0 saturated heterocycles. The van der Waals surface area contributed by atoms with E-state index in [1.165, 1.54) is 5.56 Å². The van der Waals surface area contributed by atoms with Crippen LogP contribution in [0.25, 0.3) is 0 Å². The van der Waals surface area contributed by atoms with Crippen LogP contribution in [0.3, 0.4) is 0 Å². The number of carbonyl (C=O) groups is 2. The van der Waals surface area contributed by atoms with Crippen molar-refractivity contribution in [1.82, 2.24) is 20.4 Å². The predicted molar refractivity (Wildman–Crippen MR) is 99.0 cm³/mol. The molecule has 0 aromatic carbocycles. The van der Waals surface area contributed by atoms with Crippen LogP contribution in [0.15, 0.2) is 16.8 Å². The van der Waals surface area contributed by atoms with E-state index in [1.54, 1.807) is 11.3 Å². The molecule has 7 nitrogen and oxygen atoms in total. The topological polar surface area (TPSA) is 84.9 Å². The van der Waals surface area contributed by atoms with Gasteiger partial charge in [-0.15, -0.1) is 0 Å². The molecule has 1 aromatic heterocycles. The van der Waals surface area contributed by atoms with E-state index >= 15 is 0 Å². The van der Waals surface area contributed by atoms with Crippen molar-refractivity contribution in [3.63, 3.8) is 0 Å². The number of carboxylic acids is 1. The molecule has 1 heterocycles. The number of carboxylic acid groups (broad SMARTS) is 1. The Morgan fingerprint density at radius 1 is 1.40 bits per heavy atom. The molecule has 2 rings (SSSR count). The third-order valence-electron chi connectivity index (χ3n) is 4.72. The van der Waals surface area contributed by atoms with Crippen molar-refractivity contribution in [3.05, 3.63) is 22.4 Å². The van der Waals surface area contributed by atoms with E-state index in [-0.39, 0.29) is 30.7 Å². The van der Waals surface area contributed by atoms with Crippen molar-refractivity contribution in [2.75, 3.05) is 33.7 Å². The average molecular weight is 369 g/mol. The smallest absolute Gasteiger partial charge is 0.317 e. The first-order valence-corrected chi connectivity index (χ1v) is 9.53. The first-order chi connectivity index (χ1) is 11.9. The normalized spacial score (nSPS) is 21.0. The Hall–Kier alpha value is -1.64. The van der Waals surface area contributed by atoms with Gasteiger partial charge in [-0.25, -0.2) is 4.79 Å². The summed E-state index contributed by atoms with van der Waals surface area (Å²) < 4.78 is 0. The summed E-state index contributed by atoms with van der Waals surface area (Å²) in [4.78, 5) is 27.0. The van der Waals surface area contributed by atoms with Gasteiger partial charge in [0.15, 0.2) is 0 Å². The monoisotopic (exact) mass is 368 g/mol. The van der Waals surface area contributed by atoms with E-state index in [1.807, 2.05) is 31.3 Å². The SMILES string of the molecule is CCN(CC(=O)O)C1CC(NC(=O)NCC(c2ccsc2)N(C)C)C1. The lowest BCUT2D eigenvalue weighted by atomic mass is 9.85. The Kier molecular flexibility index (Phi) is 7.22. The number of rotatable bonds is 9. The first kappa shape index (κ1) is 19.7. The third-order valence-corrected chi connectivity index (χ3v) is 5.42. The maximum absolute atomic E-state index is 12.1. The van der Waals surface area contributed by atoms with Crippen LogP contribution in [0.2, 0.25) is 0 Å². The number of amides is 2. The Labute approximate surface area is 153 Å². The van der Waals surface area contributed by atoms with Crippen LogP contribution >= 0.6 is 11.3 Å². The summed E-state index contributed by atoms with van der Waals surface area (Å²) in [5, 5.41) is 19.0. The lowest BCUT2D eigenvalue weighted by Gasteiger charge is -2.42. The molecule has 2 amide bonds. The van der Waals surface area contributed by atoms with Gasteiger partial charge in [-0.3, -0.25) is 9.69 Å². The summed E-state index contributed by atoms with van der Waals surface area (Å²) >= 11 is 1.65. The Morgan fingerprint density at radius 3 is 2.64 bits per heavy atom. The van der Waals surface area contributed by atoms with Crippen molar-refractivity contribution in [3.8, 4) is 0 Å². The Morgan fingerprint density at radius 2 is 2.12 bits per heavy atom. The van der Waals surface area contributed by atoms with Gasteiger partial charge in [0.1, 0.15) is 0 Å². The molecule has 140 valence electrons. The van der Waals surface area contributed by atoms with Crippen molar-refractivity contribution in [2.45, 2.75) is 37.9 Å². The number of likely N-dealkylation sites (N-methyl/N-ethyl adjacent to an activating group) is 2. The van der Waals surface area contributed by atoms with Gasteiger partial charge in [-0.1, -0.05) is 6.92 Å². The zero-order valence-electron chi connectivity index (χ0n) is 15.1. The second-order valence-corrected chi connectivity index (χ2v) is 7.45. The maximum atomic E-state index is 12.1. The molecular weight excluding hydrogens is 340 g/mol. The standard InChI is InChI=1S/C17H28N4O3S/c1-4-21(10-16(22)23)14-7-13(8-14)19-17(24)18-9-15(20(2)3)12-5-6-25-11-12/h5-6,11,13-15H,4,7-10H2,1-3H3,(H,22,23)(H2,18,19,24). The molecule has 25 heavy (non-hydrogen) atoms. The predicted octanol–water partition coefficient (Wildman–Crippen LogP) is 1.59. The van der Waals surface area contributed by atoms with Gasteiger partial charge >= 0.3 is 12.0 Å². The molecule has 1 aliphatic rings. The highest BCUT2D eigenvalue weighted by molar-refractivity contribution is 7.07. The van der Waals surface area contributed by atoms with Gasteiger partial charge in [-0.2, -0.15) is 11.3 Å². The van der Waals surface area contributed by atoms with Gasteiger partial charge in [0.05, 0.1) is 12.6 Å². The fourth-order valence-electron chi connectivity index (χ4n) is 3.17. The van der Waals surface area contributed by atoms with E-state index in [2.05, 4.69) is 27.0 Å². The van der Waals surface area contributed by atoms with Crippen LogP contribution in [-0.2, 0) is 4.79 Å². The number of hydrogen-bond acceptors (Lipinski definition) is 5. The molecule has 1 aromatic rings. The van der Waals surface area contributed by atoms with Crippen LogP contribution in [0, 0.1) is 0 Å². The zero-order valence-corrected chi connectivity index (χ0v) is 15.9. The summed E-state index contributed by atoms with van der Waals surface area (Å²) in [6.45, 7) is 3.28. The summed E-state index contributed by atoms with van der Waals surface area (Å²) in [6, 6.07) is 2.43. The number of carbonyl (C=O) groups excluding carboxylic acids is 1. The molecule has 0 radical (unpaired) electrons. The van der Waals surface area contributed by atoms with Crippen LogP contribution in [-0.4, -0.2) is 72.7 Å². The molecule has 0 aliphatic heterocycles. The number of hydrogen-bond donors (Lipinski definition) is 3. The quantitative estimate of drug-likeness (QED) is 0.616. The molecule has 1 unspecified atom stereocenters. The molecule has 8 heteroatoms. The molecule has 3 N–H and O–H groups in total. The van der Waals surface area contributed by atoms with Crippen LogP contribution in [0.5, 0.6) is 0 Å². The summed E-state index contributed by atoms with van der Waals surface area (Å²) in [6.07, 6.45) is 1.60. The van der Waals surface area contributed by atoms with Gasteiger partial charge in [0, 0.05) is 18.6 Å². The first-order valence-electron chi connectivity index (χ1n) is 8.59. The van der Waals surface area contributed by atoms with Crippen molar-refractivity contribution < 1.29 is 14.7 Å². The number of thiophene rings is 1. The van der Waals surface area contributed by atoms with E-state index in [4.69, 9.17) is 5.11 Å². The van der Waals surface area contributed by atoms with Gasteiger partial charge < -0.3 is 20.6 Å². The average Bonchev–Trinajstić information content (AvgIpc) is 3.02. The second-order valence-electron chi connectivity index (χ2n) is 6.67. The van der Waals surface area contributed by atoms with Gasteiger partial charge in [0.2, 0.25) is 0 Å². The van der Waals surface area contributed by atoms with E-state index in [0.29, 0.717) is 13.1 Å². The Balaban J connectivity index is 1.72. The number of nitrogens with one attached hydrogen (secondary N) is 2. The summed E-state index contributed by atoms with van der Waals surface area (Å²) in [7, 11) is 4.00. The largest absolute Gasteiger partial charge is 0.480 e. The fraction of sp³-hybridized carbons (Fsp3) is 0.647. The molecule has 1 saturated carbocycles. The summed E-state index contributed by atoms with van der Waals surface area (Å²) in [5.41, 5.74) is 1.20. The number of aliphatic carboxylic acids is 1. The highest BCUT2D eigenvalue weighted by atomic mass is 32.1. The highest BCUT2D eigenvalue weighted by Gasteiger charge is 2.34. The third kappa shape index (κ3) is 5.69. The lowest BCUT2D eigenvalue weighted by molar-refractivity contribution is -0.139. The van der Waals surface area contributed by atoms with Gasteiger partial charge in [0.25, 0.3) is 0 Å². The van der Waals surface area contributed by atoms with E-state index < -0.39 is 5.97 Å². The van der Waals surface area contributed by atoms with Crippen LogP contribution in [0.1, 0.15) is 31.4 Å². The van der Waals surface area contributed by atoms with Crippen molar-refractivity contribution in [2.24, 2.45) is 0 Å². The number of urea groups is 1. The maximum Gasteiger partial charge on any atom is 0.317 e.